The van der Waals surface area contributed by atoms with Crippen molar-refractivity contribution in [1.82, 2.24) is 4.57 Å². The summed E-state index contributed by atoms with van der Waals surface area (Å²) in [6.45, 7) is 5.53. The molecular weight excluding hydrogens is 415 g/mol. The third-order valence-corrected chi connectivity index (χ3v) is 6.07. The molecule has 3 aromatic rings. The number of halogens is 1. The average molecular weight is 437 g/mol. The summed E-state index contributed by atoms with van der Waals surface area (Å²) in [7, 11) is 0. The van der Waals surface area contributed by atoms with E-state index in [4.69, 9.17) is 4.74 Å². The largest absolute Gasteiger partial charge is 0.463 e. The van der Waals surface area contributed by atoms with Crippen LogP contribution in [0.2, 0.25) is 0 Å². The van der Waals surface area contributed by atoms with Crippen LogP contribution in [0.5, 0.6) is 0 Å². The predicted molar refractivity (Wildman–Crippen MR) is 118 cm³/mol. The minimum absolute atomic E-state index is 0.164. The first-order valence-electron chi connectivity index (χ1n) is 9.91. The topological polar surface area (TPSA) is 60.7 Å². The number of allylic oxidation sites excluding steroid dienone is 1. The average Bonchev–Trinajstić information content (AvgIpc) is 3.04. The van der Waals surface area contributed by atoms with Crippen LogP contribution in [-0.4, -0.2) is 17.1 Å². The number of esters is 1. The van der Waals surface area contributed by atoms with Crippen LogP contribution in [0.1, 0.15) is 36.6 Å². The highest BCUT2D eigenvalue weighted by atomic mass is 32.1. The Morgan fingerprint density at radius 3 is 2.58 bits per heavy atom. The van der Waals surface area contributed by atoms with Crippen molar-refractivity contribution in [2.45, 2.75) is 26.8 Å². The molecule has 0 bridgehead atoms. The number of aromatic nitrogens is 1. The zero-order valence-electron chi connectivity index (χ0n) is 17.4. The lowest BCUT2D eigenvalue weighted by molar-refractivity contribution is -0.139. The van der Waals surface area contributed by atoms with Gasteiger partial charge in [-0.15, -0.1) is 0 Å². The fraction of sp³-hybridized carbons (Fsp3) is 0.208. The highest BCUT2D eigenvalue weighted by molar-refractivity contribution is 7.07. The first kappa shape index (κ1) is 20.9. The summed E-state index contributed by atoms with van der Waals surface area (Å²) in [5.41, 5.74) is 2.47. The van der Waals surface area contributed by atoms with Crippen LogP contribution in [0, 0.1) is 12.7 Å². The Balaban J connectivity index is 1.97. The molecule has 2 heterocycles. The standard InChI is InChI=1S/C24H21FN2O3S/c1-4-30-23(29)20-15(3)26-24-27(21(20)17-7-5-6-8-18(17)25)22(28)19(31-24)13-16-11-9-14(2)10-12-16/h5-13,21H,4H2,1-3H3/b19-13+/t21-/m1/s1. The van der Waals surface area contributed by atoms with Gasteiger partial charge in [0.15, 0.2) is 4.80 Å². The molecule has 0 fully saturated rings. The Bertz CT molecular complexity index is 1370. The van der Waals surface area contributed by atoms with Gasteiger partial charge in [0.1, 0.15) is 11.9 Å². The maximum Gasteiger partial charge on any atom is 0.338 e. The number of carbonyl (C=O) groups is 1. The number of thiazole rings is 1. The SMILES string of the molecule is CCOC(=O)C1=C(C)N=c2s/c(=C/c3ccc(C)cc3)c(=O)n2[C@@H]1c1ccccc1F. The highest BCUT2D eigenvalue weighted by Gasteiger charge is 2.34. The van der Waals surface area contributed by atoms with Crippen molar-refractivity contribution in [3.05, 3.63) is 102 Å². The molecule has 1 aromatic heterocycles. The first-order chi connectivity index (χ1) is 14.9. The number of rotatable bonds is 4. The summed E-state index contributed by atoms with van der Waals surface area (Å²) in [5, 5.41) is 0. The van der Waals surface area contributed by atoms with Gasteiger partial charge in [0, 0.05) is 5.56 Å². The molecule has 2 aromatic carbocycles. The van der Waals surface area contributed by atoms with Crippen molar-refractivity contribution in [1.29, 1.82) is 0 Å². The third kappa shape index (κ3) is 3.88. The van der Waals surface area contributed by atoms with Crippen molar-refractivity contribution in [3.63, 3.8) is 0 Å². The van der Waals surface area contributed by atoms with Gasteiger partial charge in [-0.25, -0.2) is 14.2 Å². The van der Waals surface area contributed by atoms with Crippen molar-refractivity contribution >= 4 is 23.4 Å². The molecule has 0 radical (unpaired) electrons. The van der Waals surface area contributed by atoms with Crippen LogP contribution in [-0.2, 0) is 9.53 Å². The second kappa shape index (κ2) is 8.43. The summed E-state index contributed by atoms with van der Waals surface area (Å²) in [5.74, 6) is -1.11. The molecule has 4 rings (SSSR count). The summed E-state index contributed by atoms with van der Waals surface area (Å²) in [6, 6.07) is 13.0. The summed E-state index contributed by atoms with van der Waals surface area (Å²) in [6.07, 6.45) is 1.78. The van der Waals surface area contributed by atoms with E-state index in [0.29, 0.717) is 15.0 Å². The lowest BCUT2D eigenvalue weighted by Gasteiger charge is -2.24. The number of nitrogens with zero attached hydrogens (tertiary/aromatic N) is 2. The minimum atomic E-state index is -0.948. The predicted octanol–water partition coefficient (Wildman–Crippen LogP) is 3.25. The van der Waals surface area contributed by atoms with Crippen LogP contribution in [0.15, 0.2) is 69.6 Å². The van der Waals surface area contributed by atoms with E-state index in [1.54, 1.807) is 38.1 Å². The number of fused-ring (bicyclic) bond motifs is 1. The van der Waals surface area contributed by atoms with E-state index in [9.17, 15) is 14.0 Å². The lowest BCUT2D eigenvalue weighted by atomic mass is 9.95. The lowest BCUT2D eigenvalue weighted by Crippen LogP contribution is -2.40. The number of benzene rings is 2. The van der Waals surface area contributed by atoms with Crippen LogP contribution >= 0.6 is 11.3 Å². The number of aryl methyl sites for hydroxylation is 1. The first-order valence-corrected chi connectivity index (χ1v) is 10.7. The molecule has 0 spiro atoms. The van der Waals surface area contributed by atoms with Gasteiger partial charge in [-0.1, -0.05) is 59.4 Å². The fourth-order valence-corrected chi connectivity index (χ4v) is 4.64. The maximum atomic E-state index is 14.8. The maximum absolute atomic E-state index is 14.8. The molecule has 1 aliphatic heterocycles. The second-order valence-corrected chi connectivity index (χ2v) is 8.24. The van der Waals surface area contributed by atoms with Gasteiger partial charge < -0.3 is 4.74 Å². The van der Waals surface area contributed by atoms with Crippen molar-refractivity contribution in [2.24, 2.45) is 4.99 Å². The quantitative estimate of drug-likeness (QED) is 0.590. The van der Waals surface area contributed by atoms with E-state index in [-0.39, 0.29) is 23.3 Å². The van der Waals surface area contributed by atoms with Crippen molar-refractivity contribution < 1.29 is 13.9 Å². The van der Waals surface area contributed by atoms with E-state index in [0.717, 1.165) is 11.1 Å². The summed E-state index contributed by atoms with van der Waals surface area (Å²) < 4.78 is 21.9. The molecule has 31 heavy (non-hydrogen) atoms. The molecule has 0 unspecified atom stereocenters. The Hall–Kier alpha value is -3.32. The van der Waals surface area contributed by atoms with E-state index in [2.05, 4.69) is 4.99 Å². The fourth-order valence-electron chi connectivity index (χ4n) is 3.60. The molecule has 158 valence electrons. The molecule has 0 saturated carbocycles. The monoisotopic (exact) mass is 436 g/mol. The smallest absolute Gasteiger partial charge is 0.338 e. The van der Waals surface area contributed by atoms with Gasteiger partial charge in [0.05, 0.1) is 22.4 Å². The minimum Gasteiger partial charge on any atom is -0.463 e. The Kier molecular flexibility index (Phi) is 5.69. The second-order valence-electron chi connectivity index (χ2n) is 7.23. The van der Waals surface area contributed by atoms with Gasteiger partial charge in [-0.05, 0) is 38.5 Å². The van der Waals surface area contributed by atoms with E-state index in [1.165, 1.54) is 22.0 Å². The normalized spacial score (nSPS) is 16.1. The molecule has 0 N–H and O–H groups in total. The van der Waals surface area contributed by atoms with Gasteiger partial charge in [0.2, 0.25) is 0 Å². The summed E-state index contributed by atoms with van der Waals surface area (Å²) >= 11 is 1.22. The molecule has 7 heteroatoms. The number of carbonyl (C=O) groups excluding carboxylic acids is 1. The van der Waals surface area contributed by atoms with Crippen LogP contribution in [0.4, 0.5) is 4.39 Å². The number of ether oxygens (including phenoxy) is 1. The molecule has 5 nitrogen and oxygen atoms in total. The summed E-state index contributed by atoms with van der Waals surface area (Å²) in [4.78, 5) is 31.1. The molecule has 0 saturated heterocycles. The van der Waals surface area contributed by atoms with E-state index in [1.807, 2.05) is 31.2 Å². The van der Waals surface area contributed by atoms with Crippen LogP contribution < -0.4 is 14.9 Å². The Morgan fingerprint density at radius 1 is 1.19 bits per heavy atom. The van der Waals surface area contributed by atoms with Crippen LogP contribution in [0.3, 0.4) is 0 Å². The highest BCUT2D eigenvalue weighted by Crippen LogP contribution is 2.32. The van der Waals surface area contributed by atoms with E-state index >= 15 is 0 Å². The molecule has 0 amide bonds. The van der Waals surface area contributed by atoms with Gasteiger partial charge in [0.25, 0.3) is 5.56 Å². The van der Waals surface area contributed by atoms with Crippen molar-refractivity contribution in [2.75, 3.05) is 6.61 Å². The van der Waals surface area contributed by atoms with Gasteiger partial charge >= 0.3 is 5.97 Å². The number of hydrogen-bond donors (Lipinski definition) is 0. The molecular formula is C24H21FN2O3S. The van der Waals surface area contributed by atoms with E-state index < -0.39 is 17.8 Å². The Morgan fingerprint density at radius 2 is 1.90 bits per heavy atom. The molecule has 1 atom stereocenters. The van der Waals surface area contributed by atoms with Gasteiger partial charge in [-0.3, -0.25) is 9.36 Å². The Labute approximate surface area is 182 Å². The molecule has 0 aliphatic carbocycles. The zero-order chi connectivity index (χ0) is 22.1. The van der Waals surface area contributed by atoms with Gasteiger partial charge in [-0.2, -0.15) is 0 Å². The number of hydrogen-bond acceptors (Lipinski definition) is 5. The molecule has 1 aliphatic rings. The third-order valence-electron chi connectivity index (χ3n) is 5.09. The zero-order valence-corrected chi connectivity index (χ0v) is 18.2. The van der Waals surface area contributed by atoms with Crippen LogP contribution in [0.25, 0.3) is 6.08 Å². The van der Waals surface area contributed by atoms with Crippen molar-refractivity contribution in [3.8, 4) is 0 Å².